The lowest BCUT2D eigenvalue weighted by Gasteiger charge is -2.18. The third kappa shape index (κ3) is 5.06. The van der Waals surface area contributed by atoms with E-state index in [1.54, 1.807) is 19.1 Å². The van der Waals surface area contributed by atoms with Crippen molar-refractivity contribution in [2.75, 3.05) is 20.7 Å². The second kappa shape index (κ2) is 7.38. The van der Waals surface area contributed by atoms with E-state index in [9.17, 15) is 9.18 Å². The Bertz CT molecular complexity index is 381. The first-order valence-electron chi connectivity index (χ1n) is 5.78. The van der Waals surface area contributed by atoms with Crippen LogP contribution in [0.1, 0.15) is 12.5 Å². The maximum absolute atomic E-state index is 12.8. The lowest BCUT2D eigenvalue weighted by Crippen LogP contribution is -2.26. The van der Waals surface area contributed by atoms with Crippen molar-refractivity contribution < 1.29 is 13.9 Å². The number of carbonyl (C=O) groups is 1. The van der Waals surface area contributed by atoms with E-state index in [1.807, 2.05) is 18.4 Å². The Labute approximate surface area is 111 Å². The molecule has 0 heterocycles. The van der Waals surface area contributed by atoms with Crippen LogP contribution in [0.2, 0.25) is 0 Å². The molecule has 100 valence electrons. The number of benzene rings is 1. The lowest BCUT2D eigenvalue weighted by molar-refractivity contribution is -0.142. The fourth-order valence-corrected chi connectivity index (χ4v) is 2.42. The van der Waals surface area contributed by atoms with Gasteiger partial charge in [0, 0.05) is 0 Å². The van der Waals surface area contributed by atoms with E-state index >= 15 is 0 Å². The number of nitrogens with zero attached hydrogens (tertiary/aromatic N) is 1. The third-order valence-electron chi connectivity index (χ3n) is 2.22. The Morgan fingerprint density at radius 3 is 2.50 bits per heavy atom. The average molecular weight is 271 g/mol. The number of ether oxygens (including phenoxy) is 1. The third-order valence-corrected chi connectivity index (χ3v) is 3.26. The van der Waals surface area contributed by atoms with Crippen molar-refractivity contribution in [3.05, 3.63) is 35.6 Å². The minimum absolute atomic E-state index is 0.236. The normalized spacial score (nSPS) is 12.5. The SMILES string of the molecule is CCOC(=O)C(Cc1ccc(F)cc1)SN(C)C. The van der Waals surface area contributed by atoms with Crippen molar-refractivity contribution in [2.45, 2.75) is 18.6 Å². The predicted molar refractivity (Wildman–Crippen MR) is 71.8 cm³/mol. The number of hydrogen-bond acceptors (Lipinski definition) is 4. The van der Waals surface area contributed by atoms with Crippen molar-refractivity contribution in [3.8, 4) is 0 Å². The zero-order chi connectivity index (χ0) is 13.5. The van der Waals surface area contributed by atoms with Gasteiger partial charge in [-0.05, 0) is 45.1 Å². The van der Waals surface area contributed by atoms with Gasteiger partial charge in [-0.25, -0.2) is 4.39 Å². The van der Waals surface area contributed by atoms with Crippen molar-refractivity contribution in [1.82, 2.24) is 4.31 Å². The summed E-state index contributed by atoms with van der Waals surface area (Å²) in [5.74, 6) is -0.507. The van der Waals surface area contributed by atoms with Crippen LogP contribution < -0.4 is 0 Å². The van der Waals surface area contributed by atoms with Crippen molar-refractivity contribution in [3.63, 3.8) is 0 Å². The van der Waals surface area contributed by atoms with Crippen LogP contribution in [0.25, 0.3) is 0 Å². The molecule has 1 aromatic carbocycles. The highest BCUT2D eigenvalue weighted by Crippen LogP contribution is 2.20. The molecule has 0 saturated heterocycles. The number of hydrogen-bond donors (Lipinski definition) is 0. The highest BCUT2D eigenvalue weighted by molar-refractivity contribution is 7.98. The van der Waals surface area contributed by atoms with Gasteiger partial charge >= 0.3 is 5.97 Å². The van der Waals surface area contributed by atoms with Gasteiger partial charge in [0.1, 0.15) is 11.1 Å². The Morgan fingerprint density at radius 1 is 1.39 bits per heavy atom. The van der Waals surface area contributed by atoms with E-state index in [-0.39, 0.29) is 17.0 Å². The van der Waals surface area contributed by atoms with Gasteiger partial charge < -0.3 is 4.74 Å². The van der Waals surface area contributed by atoms with Crippen LogP contribution >= 0.6 is 11.9 Å². The molecule has 0 radical (unpaired) electrons. The average Bonchev–Trinajstić information content (AvgIpc) is 2.31. The Hall–Kier alpha value is -1.07. The summed E-state index contributed by atoms with van der Waals surface area (Å²) in [5, 5.41) is -0.301. The first-order chi connectivity index (χ1) is 8.52. The highest BCUT2D eigenvalue weighted by atomic mass is 32.2. The van der Waals surface area contributed by atoms with Crippen molar-refractivity contribution >= 4 is 17.9 Å². The van der Waals surface area contributed by atoms with Crippen molar-refractivity contribution in [1.29, 1.82) is 0 Å². The number of carbonyl (C=O) groups excluding carboxylic acids is 1. The van der Waals surface area contributed by atoms with Gasteiger partial charge in [-0.2, -0.15) is 0 Å². The minimum Gasteiger partial charge on any atom is -0.465 e. The first kappa shape index (κ1) is 15.0. The van der Waals surface area contributed by atoms with Gasteiger partial charge in [-0.15, -0.1) is 0 Å². The maximum Gasteiger partial charge on any atom is 0.320 e. The molecule has 5 heteroatoms. The van der Waals surface area contributed by atoms with Crippen LogP contribution in [0.3, 0.4) is 0 Å². The standard InChI is InChI=1S/C13H18FNO2S/c1-4-17-13(16)12(18-15(2)3)9-10-5-7-11(14)8-6-10/h5-8,12H,4,9H2,1-3H3. The second-order valence-electron chi connectivity index (χ2n) is 3.99. The van der Waals surface area contributed by atoms with E-state index in [0.29, 0.717) is 13.0 Å². The van der Waals surface area contributed by atoms with Crippen LogP contribution in [0.4, 0.5) is 4.39 Å². The predicted octanol–water partition coefficient (Wildman–Crippen LogP) is 2.51. The summed E-state index contributed by atoms with van der Waals surface area (Å²) in [6, 6.07) is 6.19. The molecule has 0 N–H and O–H groups in total. The molecule has 0 amide bonds. The van der Waals surface area contributed by atoms with Crippen LogP contribution in [-0.4, -0.2) is 36.2 Å². The number of esters is 1. The van der Waals surface area contributed by atoms with Crippen LogP contribution in [-0.2, 0) is 16.0 Å². The van der Waals surface area contributed by atoms with E-state index in [2.05, 4.69) is 0 Å². The molecule has 1 rings (SSSR count). The van der Waals surface area contributed by atoms with Gasteiger partial charge in [0.15, 0.2) is 0 Å². The van der Waals surface area contributed by atoms with Crippen LogP contribution in [0.5, 0.6) is 0 Å². The molecule has 0 fully saturated rings. The summed E-state index contributed by atoms with van der Waals surface area (Å²) in [6.45, 7) is 2.15. The fourth-order valence-electron chi connectivity index (χ4n) is 1.49. The zero-order valence-corrected chi connectivity index (χ0v) is 11.7. The molecule has 0 aromatic heterocycles. The highest BCUT2D eigenvalue weighted by Gasteiger charge is 2.22. The molecule has 3 nitrogen and oxygen atoms in total. The zero-order valence-electron chi connectivity index (χ0n) is 10.9. The molecule has 0 aliphatic carbocycles. The largest absolute Gasteiger partial charge is 0.465 e. The quantitative estimate of drug-likeness (QED) is 0.587. The summed E-state index contributed by atoms with van der Waals surface area (Å²) in [5.41, 5.74) is 0.920. The van der Waals surface area contributed by atoms with Gasteiger partial charge in [-0.1, -0.05) is 24.1 Å². The second-order valence-corrected chi connectivity index (χ2v) is 5.50. The summed E-state index contributed by atoms with van der Waals surface area (Å²) >= 11 is 1.41. The van der Waals surface area contributed by atoms with E-state index in [4.69, 9.17) is 4.74 Å². The first-order valence-corrected chi connectivity index (χ1v) is 6.61. The molecule has 0 spiro atoms. The Morgan fingerprint density at radius 2 is 2.00 bits per heavy atom. The Balaban J connectivity index is 2.71. The Kier molecular flexibility index (Phi) is 6.15. The summed E-state index contributed by atoms with van der Waals surface area (Å²) in [6.07, 6.45) is 0.530. The van der Waals surface area contributed by atoms with E-state index in [0.717, 1.165) is 5.56 Å². The molecule has 1 aromatic rings. The maximum atomic E-state index is 12.8. The molecule has 0 bridgehead atoms. The smallest absolute Gasteiger partial charge is 0.320 e. The summed E-state index contributed by atoms with van der Waals surface area (Å²) < 4.78 is 19.7. The lowest BCUT2D eigenvalue weighted by atomic mass is 10.1. The topological polar surface area (TPSA) is 29.5 Å². The molecule has 0 aliphatic heterocycles. The van der Waals surface area contributed by atoms with Crippen LogP contribution in [0, 0.1) is 5.82 Å². The fraction of sp³-hybridized carbons (Fsp3) is 0.462. The van der Waals surface area contributed by atoms with Gasteiger partial charge in [-0.3, -0.25) is 9.10 Å². The summed E-state index contributed by atoms with van der Waals surface area (Å²) in [4.78, 5) is 11.8. The molecular formula is C13H18FNO2S. The molecule has 1 atom stereocenters. The van der Waals surface area contributed by atoms with E-state index < -0.39 is 0 Å². The number of rotatable bonds is 6. The number of halogens is 1. The van der Waals surface area contributed by atoms with E-state index in [1.165, 1.54) is 24.1 Å². The van der Waals surface area contributed by atoms with Crippen LogP contribution in [0.15, 0.2) is 24.3 Å². The monoisotopic (exact) mass is 271 g/mol. The molecule has 0 saturated carbocycles. The minimum atomic E-state index is -0.301. The molecule has 1 unspecified atom stereocenters. The molecule has 0 aliphatic rings. The molecular weight excluding hydrogens is 253 g/mol. The van der Waals surface area contributed by atoms with Crippen molar-refractivity contribution in [2.24, 2.45) is 0 Å². The van der Waals surface area contributed by atoms with Gasteiger partial charge in [0.25, 0.3) is 0 Å². The van der Waals surface area contributed by atoms with Gasteiger partial charge in [0.2, 0.25) is 0 Å². The molecule has 18 heavy (non-hydrogen) atoms. The summed E-state index contributed by atoms with van der Waals surface area (Å²) in [7, 11) is 3.75. The van der Waals surface area contributed by atoms with Gasteiger partial charge in [0.05, 0.1) is 6.61 Å².